The zero-order valence-corrected chi connectivity index (χ0v) is 23.2. The summed E-state index contributed by atoms with van der Waals surface area (Å²) >= 11 is 0. The lowest BCUT2D eigenvalue weighted by Crippen LogP contribution is -1.97. The van der Waals surface area contributed by atoms with Crippen LogP contribution >= 0.6 is 0 Å². The summed E-state index contributed by atoms with van der Waals surface area (Å²) < 4.78 is 0. The molecule has 0 fully saturated rings. The quantitative estimate of drug-likeness (QED) is 0.0865. The second-order valence-electron chi connectivity index (χ2n) is 10.7. The Hall–Kier alpha value is -0.300. The van der Waals surface area contributed by atoms with E-state index in [0.717, 1.165) is 6.54 Å². The molecule has 2 N–H and O–H groups in total. The van der Waals surface area contributed by atoms with E-state index in [0.29, 0.717) is 0 Å². The lowest BCUT2D eigenvalue weighted by atomic mass is 10.0. The van der Waals surface area contributed by atoms with E-state index in [1.807, 2.05) is 0 Å². The van der Waals surface area contributed by atoms with Gasteiger partial charge in [0.15, 0.2) is 0 Å². The van der Waals surface area contributed by atoms with Crippen molar-refractivity contribution in [2.24, 2.45) is 5.73 Å². The molecule has 0 aromatic rings. The monoisotopic (exact) mass is 464 g/mol. The van der Waals surface area contributed by atoms with Crippen LogP contribution < -0.4 is 5.73 Å². The SMILES string of the molecule is CCCCCCCC/C=C\CCCCCCCCCCCCCCCCCCCCCCN. The molecule has 0 saturated carbocycles. The van der Waals surface area contributed by atoms with Gasteiger partial charge in [0.2, 0.25) is 0 Å². The Bertz CT molecular complexity index is 348. The third kappa shape index (κ3) is 31.7. The number of allylic oxidation sites excluding steroid dienone is 2. The molecule has 0 aliphatic rings. The van der Waals surface area contributed by atoms with Crippen molar-refractivity contribution < 1.29 is 0 Å². The summed E-state index contributed by atoms with van der Waals surface area (Å²) in [6.07, 6.45) is 44.8. The molecule has 198 valence electrons. The molecule has 0 heterocycles. The van der Waals surface area contributed by atoms with Gasteiger partial charge in [-0.15, -0.1) is 0 Å². The Morgan fingerprint density at radius 2 is 0.576 bits per heavy atom. The van der Waals surface area contributed by atoms with Crippen molar-refractivity contribution in [2.75, 3.05) is 6.54 Å². The van der Waals surface area contributed by atoms with Crippen molar-refractivity contribution in [1.29, 1.82) is 0 Å². The first-order chi connectivity index (χ1) is 16.4. The second-order valence-corrected chi connectivity index (χ2v) is 10.7. The Kier molecular flexibility index (Phi) is 31.4. The van der Waals surface area contributed by atoms with Crippen LogP contribution in [0.2, 0.25) is 0 Å². The van der Waals surface area contributed by atoms with Crippen LogP contribution in [-0.4, -0.2) is 6.54 Å². The van der Waals surface area contributed by atoms with Crippen LogP contribution in [0.25, 0.3) is 0 Å². The van der Waals surface area contributed by atoms with Gasteiger partial charge in [0.1, 0.15) is 0 Å². The van der Waals surface area contributed by atoms with Crippen molar-refractivity contribution in [3.05, 3.63) is 12.2 Å². The fraction of sp³-hybridized carbons (Fsp3) is 0.938. The molecule has 0 aliphatic carbocycles. The zero-order valence-electron chi connectivity index (χ0n) is 23.2. The minimum atomic E-state index is 0.873. The molecule has 0 spiro atoms. The topological polar surface area (TPSA) is 26.0 Å². The highest BCUT2D eigenvalue weighted by atomic mass is 14.5. The lowest BCUT2D eigenvalue weighted by molar-refractivity contribution is 0.521. The highest BCUT2D eigenvalue weighted by Crippen LogP contribution is 2.15. The van der Waals surface area contributed by atoms with Gasteiger partial charge in [-0.2, -0.15) is 0 Å². The summed E-state index contributed by atoms with van der Waals surface area (Å²) in [5, 5.41) is 0. The van der Waals surface area contributed by atoms with Crippen molar-refractivity contribution in [1.82, 2.24) is 0 Å². The molecule has 1 nitrogen and oxygen atoms in total. The summed E-state index contributed by atoms with van der Waals surface area (Å²) in [6.45, 7) is 3.17. The molecule has 0 aromatic heterocycles. The third-order valence-corrected chi connectivity index (χ3v) is 7.22. The summed E-state index contributed by atoms with van der Waals surface area (Å²) in [5.74, 6) is 0. The maximum atomic E-state index is 5.54. The average Bonchev–Trinajstić information content (AvgIpc) is 2.83. The van der Waals surface area contributed by atoms with Gasteiger partial charge in [-0.3, -0.25) is 0 Å². The van der Waals surface area contributed by atoms with Crippen LogP contribution in [0.1, 0.15) is 187 Å². The number of rotatable bonds is 29. The maximum absolute atomic E-state index is 5.54. The first-order valence-electron chi connectivity index (χ1n) is 15.8. The predicted molar refractivity (Wildman–Crippen MR) is 153 cm³/mol. The van der Waals surface area contributed by atoms with Gasteiger partial charge < -0.3 is 5.73 Å². The van der Waals surface area contributed by atoms with Gasteiger partial charge >= 0.3 is 0 Å². The van der Waals surface area contributed by atoms with E-state index >= 15 is 0 Å². The van der Waals surface area contributed by atoms with E-state index in [1.165, 1.54) is 180 Å². The zero-order chi connectivity index (χ0) is 23.9. The van der Waals surface area contributed by atoms with Gasteiger partial charge in [-0.1, -0.05) is 167 Å². The van der Waals surface area contributed by atoms with Crippen LogP contribution in [0.4, 0.5) is 0 Å². The smallest absolute Gasteiger partial charge is 0.00773 e. The standard InChI is InChI=1S/C32H65N/c1-2-3-4-5-6-7-8-9-10-11-12-13-14-15-16-17-18-19-20-21-22-23-24-25-26-27-28-29-30-31-32-33/h9-10H,2-8,11-33H2,1H3/b10-9-. The number of hydrogen-bond acceptors (Lipinski definition) is 1. The highest BCUT2D eigenvalue weighted by Gasteiger charge is 1.95. The first-order valence-corrected chi connectivity index (χ1v) is 15.8. The molecule has 0 aliphatic heterocycles. The van der Waals surface area contributed by atoms with Crippen LogP contribution in [0.5, 0.6) is 0 Å². The van der Waals surface area contributed by atoms with Crippen LogP contribution in [0.15, 0.2) is 12.2 Å². The predicted octanol–water partition coefficient (Wildman–Crippen LogP) is 11.4. The van der Waals surface area contributed by atoms with E-state index in [9.17, 15) is 0 Å². The maximum Gasteiger partial charge on any atom is -0.00773 e. The molecule has 1 heteroatoms. The van der Waals surface area contributed by atoms with Crippen LogP contribution in [0, 0.1) is 0 Å². The van der Waals surface area contributed by atoms with Gasteiger partial charge in [0.05, 0.1) is 0 Å². The molecule has 0 radical (unpaired) electrons. The fourth-order valence-corrected chi connectivity index (χ4v) is 4.87. The number of hydrogen-bond donors (Lipinski definition) is 1. The Morgan fingerprint density at radius 3 is 0.848 bits per heavy atom. The minimum absolute atomic E-state index is 0.873. The van der Waals surface area contributed by atoms with Gasteiger partial charge in [-0.05, 0) is 38.6 Å². The third-order valence-electron chi connectivity index (χ3n) is 7.22. The average molecular weight is 464 g/mol. The Balaban J connectivity index is 3.04. The molecule has 0 aromatic carbocycles. The molecule has 0 unspecified atom stereocenters. The summed E-state index contributed by atoms with van der Waals surface area (Å²) in [5.41, 5.74) is 5.54. The van der Waals surface area contributed by atoms with Crippen LogP contribution in [0.3, 0.4) is 0 Å². The van der Waals surface area contributed by atoms with E-state index in [-0.39, 0.29) is 0 Å². The Morgan fingerprint density at radius 1 is 0.333 bits per heavy atom. The van der Waals surface area contributed by atoms with E-state index in [2.05, 4.69) is 19.1 Å². The normalized spacial score (nSPS) is 11.7. The molecule has 0 rings (SSSR count). The van der Waals surface area contributed by atoms with Crippen molar-refractivity contribution >= 4 is 0 Å². The number of unbranched alkanes of at least 4 members (excludes halogenated alkanes) is 26. The molecule has 0 atom stereocenters. The first kappa shape index (κ1) is 32.7. The molecule has 0 bridgehead atoms. The summed E-state index contributed by atoms with van der Waals surface area (Å²) in [4.78, 5) is 0. The van der Waals surface area contributed by atoms with Gasteiger partial charge in [-0.25, -0.2) is 0 Å². The van der Waals surface area contributed by atoms with E-state index in [4.69, 9.17) is 5.73 Å². The highest BCUT2D eigenvalue weighted by molar-refractivity contribution is 4.81. The summed E-state index contributed by atoms with van der Waals surface area (Å²) in [6, 6.07) is 0. The largest absolute Gasteiger partial charge is 0.330 e. The number of nitrogens with two attached hydrogens (primary N) is 1. The molecular formula is C32H65N. The molecule has 0 amide bonds. The van der Waals surface area contributed by atoms with Crippen molar-refractivity contribution in [2.45, 2.75) is 187 Å². The van der Waals surface area contributed by atoms with Crippen LogP contribution in [-0.2, 0) is 0 Å². The Labute approximate surface area is 211 Å². The van der Waals surface area contributed by atoms with Crippen molar-refractivity contribution in [3.8, 4) is 0 Å². The summed E-state index contributed by atoms with van der Waals surface area (Å²) in [7, 11) is 0. The molecule has 0 saturated heterocycles. The van der Waals surface area contributed by atoms with Gasteiger partial charge in [0.25, 0.3) is 0 Å². The fourth-order valence-electron chi connectivity index (χ4n) is 4.87. The van der Waals surface area contributed by atoms with Crippen molar-refractivity contribution in [3.63, 3.8) is 0 Å². The van der Waals surface area contributed by atoms with E-state index in [1.54, 1.807) is 0 Å². The molecular weight excluding hydrogens is 398 g/mol. The minimum Gasteiger partial charge on any atom is -0.330 e. The van der Waals surface area contributed by atoms with Gasteiger partial charge in [0, 0.05) is 0 Å². The second kappa shape index (κ2) is 31.7. The lowest BCUT2D eigenvalue weighted by Gasteiger charge is -2.04. The molecule has 33 heavy (non-hydrogen) atoms. The van der Waals surface area contributed by atoms with E-state index < -0.39 is 0 Å².